The summed E-state index contributed by atoms with van der Waals surface area (Å²) in [6.07, 6.45) is 1.06. The van der Waals surface area contributed by atoms with Gasteiger partial charge in [-0.05, 0) is 36.4 Å². The fourth-order valence-electron chi connectivity index (χ4n) is 3.56. The second-order valence-corrected chi connectivity index (χ2v) is 8.81. The van der Waals surface area contributed by atoms with E-state index < -0.39 is 11.7 Å². The van der Waals surface area contributed by atoms with Crippen LogP contribution in [-0.2, 0) is 4.74 Å². The molecule has 3 heterocycles. The van der Waals surface area contributed by atoms with E-state index in [-0.39, 0.29) is 39.1 Å². The maximum Gasteiger partial charge on any atom is 0.272 e. The van der Waals surface area contributed by atoms with Crippen molar-refractivity contribution in [2.45, 2.75) is 6.04 Å². The Bertz CT molecular complexity index is 1440. The summed E-state index contributed by atoms with van der Waals surface area (Å²) in [6, 6.07) is 16.0. The molecule has 11 heteroatoms. The Morgan fingerprint density at radius 3 is 2.44 bits per heavy atom. The number of para-hydroxylation sites is 1. The van der Waals surface area contributed by atoms with Crippen molar-refractivity contribution in [3.63, 3.8) is 0 Å². The molecule has 182 valence electrons. The summed E-state index contributed by atoms with van der Waals surface area (Å²) in [7, 11) is 0. The average molecular weight is 526 g/mol. The number of amides is 2. The minimum absolute atomic E-state index is 0.0798. The topological polar surface area (TPSA) is 98.1 Å². The molecule has 0 atom stereocenters. The van der Waals surface area contributed by atoms with Crippen molar-refractivity contribution >= 4 is 40.8 Å². The Morgan fingerprint density at radius 2 is 1.78 bits per heavy atom. The van der Waals surface area contributed by atoms with Gasteiger partial charge in [-0.1, -0.05) is 41.4 Å². The van der Waals surface area contributed by atoms with Gasteiger partial charge in [0.05, 0.1) is 52.4 Å². The molecule has 2 aromatic carbocycles. The van der Waals surface area contributed by atoms with Crippen molar-refractivity contribution in [2.24, 2.45) is 0 Å². The molecule has 36 heavy (non-hydrogen) atoms. The Morgan fingerprint density at radius 1 is 1.00 bits per heavy atom. The van der Waals surface area contributed by atoms with Gasteiger partial charge in [0.2, 0.25) is 0 Å². The first-order chi connectivity index (χ1) is 17.4. The van der Waals surface area contributed by atoms with Gasteiger partial charge >= 0.3 is 0 Å². The van der Waals surface area contributed by atoms with Crippen LogP contribution in [0.25, 0.3) is 16.9 Å². The summed E-state index contributed by atoms with van der Waals surface area (Å²) >= 11 is 12.7. The Hall–Kier alpha value is -3.79. The number of hydrogen-bond donors (Lipinski definition) is 2. The quantitative estimate of drug-likeness (QED) is 0.378. The van der Waals surface area contributed by atoms with Gasteiger partial charge in [0.25, 0.3) is 11.8 Å². The van der Waals surface area contributed by atoms with Crippen LogP contribution in [0.3, 0.4) is 0 Å². The van der Waals surface area contributed by atoms with Crippen LogP contribution in [0, 0.1) is 5.82 Å². The fourth-order valence-corrected chi connectivity index (χ4v) is 4.13. The standard InChI is InChI=1S/C25H18Cl2FN5O3/c26-19-9-20(27)18(8-17(19)21-7-6-14(28)11-29-21)24(34)31-23-10-22(25(35)30-15-12-36-13-15)32-33(23)16-4-2-1-3-5-16/h1-11,15H,12-13H2,(H,30,35)(H,31,34). The van der Waals surface area contributed by atoms with E-state index in [1.807, 2.05) is 18.2 Å². The van der Waals surface area contributed by atoms with Crippen LogP contribution in [-0.4, -0.2) is 45.8 Å². The molecule has 0 unspecified atom stereocenters. The SMILES string of the molecule is O=C(NC1COC1)c1cc(NC(=O)c2cc(-c3ccc(F)cn3)c(Cl)cc2Cl)n(-c2ccccc2)n1. The summed E-state index contributed by atoms with van der Waals surface area (Å²) in [5.74, 6) is -1.19. The van der Waals surface area contributed by atoms with Crippen molar-refractivity contribution in [1.82, 2.24) is 20.1 Å². The highest BCUT2D eigenvalue weighted by atomic mass is 35.5. The van der Waals surface area contributed by atoms with Crippen LogP contribution in [0.2, 0.25) is 10.0 Å². The molecule has 1 aliphatic heterocycles. The van der Waals surface area contributed by atoms with Crippen LogP contribution >= 0.6 is 23.2 Å². The van der Waals surface area contributed by atoms with Gasteiger partial charge in [-0.15, -0.1) is 0 Å². The lowest BCUT2D eigenvalue weighted by molar-refractivity contribution is -0.00355. The van der Waals surface area contributed by atoms with Crippen LogP contribution in [0.4, 0.5) is 10.2 Å². The number of rotatable bonds is 6. The van der Waals surface area contributed by atoms with E-state index in [2.05, 4.69) is 20.7 Å². The highest BCUT2D eigenvalue weighted by Gasteiger charge is 2.24. The molecule has 4 aromatic rings. The van der Waals surface area contributed by atoms with Gasteiger partial charge in [0, 0.05) is 11.6 Å². The zero-order valence-corrected chi connectivity index (χ0v) is 20.1. The molecular formula is C25H18Cl2FN5O3. The zero-order chi connectivity index (χ0) is 25.2. The third kappa shape index (κ3) is 4.94. The Balaban J connectivity index is 1.48. The summed E-state index contributed by atoms with van der Waals surface area (Å²) in [4.78, 5) is 30.0. The monoisotopic (exact) mass is 525 g/mol. The van der Waals surface area contributed by atoms with Crippen molar-refractivity contribution in [3.8, 4) is 16.9 Å². The number of benzene rings is 2. The lowest BCUT2D eigenvalue weighted by Crippen LogP contribution is -2.48. The summed E-state index contributed by atoms with van der Waals surface area (Å²) in [6.45, 7) is 0.879. The first-order valence-electron chi connectivity index (χ1n) is 10.9. The molecule has 2 N–H and O–H groups in total. The van der Waals surface area contributed by atoms with Crippen LogP contribution < -0.4 is 10.6 Å². The molecule has 0 saturated carbocycles. The lowest BCUT2D eigenvalue weighted by Gasteiger charge is -2.26. The minimum Gasteiger partial charge on any atom is -0.377 e. The van der Waals surface area contributed by atoms with Gasteiger partial charge in [0.1, 0.15) is 11.6 Å². The number of nitrogens with zero attached hydrogens (tertiary/aromatic N) is 3. The predicted octanol–water partition coefficient (Wildman–Crippen LogP) is 4.76. The molecule has 0 radical (unpaired) electrons. The van der Waals surface area contributed by atoms with E-state index in [1.165, 1.54) is 35.0 Å². The normalized spacial score (nSPS) is 13.2. The number of pyridine rings is 1. The number of hydrogen-bond acceptors (Lipinski definition) is 5. The van der Waals surface area contributed by atoms with E-state index in [1.54, 1.807) is 12.1 Å². The van der Waals surface area contributed by atoms with Gasteiger partial charge < -0.3 is 15.4 Å². The summed E-state index contributed by atoms with van der Waals surface area (Å²) in [5, 5.41) is 10.4. The average Bonchev–Trinajstić information content (AvgIpc) is 3.26. The third-order valence-corrected chi connectivity index (χ3v) is 6.09. The van der Waals surface area contributed by atoms with E-state index in [9.17, 15) is 14.0 Å². The zero-order valence-electron chi connectivity index (χ0n) is 18.5. The summed E-state index contributed by atoms with van der Waals surface area (Å²) < 4.78 is 19.9. The van der Waals surface area contributed by atoms with Crippen LogP contribution in [0.15, 0.2) is 66.9 Å². The van der Waals surface area contributed by atoms with Gasteiger partial charge in [-0.2, -0.15) is 5.10 Å². The molecule has 8 nitrogen and oxygen atoms in total. The van der Waals surface area contributed by atoms with E-state index in [4.69, 9.17) is 27.9 Å². The van der Waals surface area contributed by atoms with Crippen molar-refractivity contribution < 1.29 is 18.7 Å². The smallest absolute Gasteiger partial charge is 0.272 e. The molecule has 1 aliphatic rings. The van der Waals surface area contributed by atoms with Crippen LogP contribution in [0.1, 0.15) is 20.8 Å². The fraction of sp³-hybridized carbons (Fsp3) is 0.120. The highest BCUT2D eigenvalue weighted by Crippen LogP contribution is 2.32. The number of ether oxygens (including phenoxy) is 1. The molecule has 0 aliphatic carbocycles. The number of anilines is 1. The second-order valence-electron chi connectivity index (χ2n) is 8.00. The third-order valence-electron chi connectivity index (χ3n) is 5.46. The van der Waals surface area contributed by atoms with Crippen molar-refractivity contribution in [3.05, 3.63) is 94.0 Å². The predicted molar refractivity (Wildman–Crippen MR) is 133 cm³/mol. The molecule has 1 saturated heterocycles. The first kappa shape index (κ1) is 23.9. The lowest BCUT2D eigenvalue weighted by atomic mass is 10.1. The highest BCUT2D eigenvalue weighted by molar-refractivity contribution is 6.38. The molecule has 5 rings (SSSR count). The molecule has 1 fully saturated rings. The molecule has 0 bridgehead atoms. The van der Waals surface area contributed by atoms with E-state index in [0.717, 1.165) is 6.20 Å². The first-order valence-corrected chi connectivity index (χ1v) is 11.6. The van der Waals surface area contributed by atoms with E-state index >= 15 is 0 Å². The molecular weight excluding hydrogens is 508 g/mol. The maximum absolute atomic E-state index is 13.3. The van der Waals surface area contributed by atoms with Gasteiger partial charge in [-0.3, -0.25) is 14.6 Å². The minimum atomic E-state index is -0.559. The van der Waals surface area contributed by atoms with Gasteiger partial charge in [0.15, 0.2) is 5.69 Å². The molecule has 0 spiro atoms. The van der Waals surface area contributed by atoms with Crippen molar-refractivity contribution in [2.75, 3.05) is 18.5 Å². The number of carbonyl (C=O) groups is 2. The second kappa shape index (κ2) is 10.1. The van der Waals surface area contributed by atoms with E-state index in [0.29, 0.717) is 30.2 Å². The largest absolute Gasteiger partial charge is 0.377 e. The van der Waals surface area contributed by atoms with Crippen molar-refractivity contribution in [1.29, 1.82) is 0 Å². The Kier molecular flexibility index (Phi) is 6.69. The maximum atomic E-state index is 13.3. The molecule has 2 amide bonds. The number of halogens is 3. The number of nitrogens with one attached hydrogen (secondary N) is 2. The van der Waals surface area contributed by atoms with Crippen LogP contribution in [0.5, 0.6) is 0 Å². The molecule has 2 aromatic heterocycles. The van der Waals surface area contributed by atoms with Gasteiger partial charge in [-0.25, -0.2) is 9.07 Å². The Labute approximate surface area is 215 Å². The number of carbonyl (C=O) groups excluding carboxylic acids is 2. The summed E-state index contributed by atoms with van der Waals surface area (Å²) in [5.41, 5.74) is 1.66. The number of aromatic nitrogens is 3.